The Morgan fingerprint density at radius 1 is 1.32 bits per heavy atom. The lowest BCUT2D eigenvalue weighted by molar-refractivity contribution is 0.969. The number of fused-ring (bicyclic) bond motifs is 1. The molecular formula is C15H18ClIN2. The summed E-state index contributed by atoms with van der Waals surface area (Å²) in [6.45, 7) is 7.37. The maximum absolute atomic E-state index is 6.34. The molecule has 0 unspecified atom stereocenters. The molecule has 1 N–H and O–H groups in total. The molecule has 19 heavy (non-hydrogen) atoms. The maximum Gasteiger partial charge on any atom is 0.0913 e. The van der Waals surface area contributed by atoms with Gasteiger partial charge in [-0.05, 0) is 60.1 Å². The molecule has 4 heteroatoms. The van der Waals surface area contributed by atoms with Crippen molar-refractivity contribution in [2.24, 2.45) is 0 Å². The quantitative estimate of drug-likeness (QED) is 0.730. The summed E-state index contributed by atoms with van der Waals surface area (Å²) in [5, 5.41) is 5.41. The van der Waals surface area contributed by atoms with Crippen LogP contribution in [0, 0.1) is 10.5 Å². The molecule has 0 aliphatic rings. The molecule has 0 saturated carbocycles. The maximum atomic E-state index is 6.34. The standard InChI is InChI=1S/C15H18ClIN2/c1-4-6-18-14-11(5-2)9(3)19-15-12(14)7-10(17)8-13(15)16/h7-8H,4-6H2,1-3H3,(H,18,19). The van der Waals surface area contributed by atoms with Gasteiger partial charge in [0, 0.05) is 26.9 Å². The largest absolute Gasteiger partial charge is 0.384 e. The van der Waals surface area contributed by atoms with Crippen molar-refractivity contribution in [2.75, 3.05) is 11.9 Å². The Kier molecular flexibility index (Phi) is 4.90. The summed E-state index contributed by atoms with van der Waals surface area (Å²) in [6, 6.07) is 4.12. The lowest BCUT2D eigenvalue weighted by Gasteiger charge is -2.16. The second kappa shape index (κ2) is 6.27. The summed E-state index contributed by atoms with van der Waals surface area (Å²) in [6.07, 6.45) is 2.08. The van der Waals surface area contributed by atoms with E-state index in [-0.39, 0.29) is 0 Å². The van der Waals surface area contributed by atoms with Crippen LogP contribution in [-0.2, 0) is 6.42 Å². The number of nitrogens with zero attached hydrogens (tertiary/aromatic N) is 1. The van der Waals surface area contributed by atoms with E-state index in [0.717, 1.165) is 44.6 Å². The zero-order valence-corrected chi connectivity index (χ0v) is 14.4. The van der Waals surface area contributed by atoms with Gasteiger partial charge in [-0.2, -0.15) is 0 Å². The molecule has 0 amide bonds. The van der Waals surface area contributed by atoms with Crippen molar-refractivity contribution in [3.63, 3.8) is 0 Å². The molecule has 0 aliphatic carbocycles. The van der Waals surface area contributed by atoms with Crippen LogP contribution in [0.25, 0.3) is 10.9 Å². The van der Waals surface area contributed by atoms with E-state index in [4.69, 9.17) is 11.6 Å². The first-order valence-corrected chi connectivity index (χ1v) is 8.06. The summed E-state index contributed by atoms with van der Waals surface area (Å²) in [5.41, 5.74) is 4.46. The Labute approximate surface area is 133 Å². The number of halogens is 2. The number of pyridine rings is 1. The molecule has 0 saturated heterocycles. The smallest absolute Gasteiger partial charge is 0.0913 e. The number of anilines is 1. The number of hydrogen-bond donors (Lipinski definition) is 1. The highest BCUT2D eigenvalue weighted by Gasteiger charge is 2.13. The van der Waals surface area contributed by atoms with E-state index >= 15 is 0 Å². The van der Waals surface area contributed by atoms with E-state index in [9.17, 15) is 0 Å². The van der Waals surface area contributed by atoms with Crippen LogP contribution in [0.15, 0.2) is 12.1 Å². The van der Waals surface area contributed by atoms with Gasteiger partial charge in [0.05, 0.1) is 10.5 Å². The predicted octanol–water partition coefficient (Wildman–Crippen LogP) is 5.19. The Balaban J connectivity index is 2.76. The van der Waals surface area contributed by atoms with Gasteiger partial charge in [-0.25, -0.2) is 0 Å². The molecule has 0 aliphatic heterocycles. The fourth-order valence-electron chi connectivity index (χ4n) is 2.33. The molecule has 102 valence electrons. The average molecular weight is 389 g/mol. The minimum Gasteiger partial charge on any atom is -0.384 e. The van der Waals surface area contributed by atoms with Crippen LogP contribution in [0.1, 0.15) is 31.5 Å². The van der Waals surface area contributed by atoms with Crippen molar-refractivity contribution >= 4 is 50.8 Å². The van der Waals surface area contributed by atoms with E-state index in [1.165, 1.54) is 11.3 Å². The van der Waals surface area contributed by atoms with Gasteiger partial charge in [0.1, 0.15) is 0 Å². The predicted molar refractivity (Wildman–Crippen MR) is 92.4 cm³/mol. The van der Waals surface area contributed by atoms with Gasteiger partial charge in [0.25, 0.3) is 0 Å². The zero-order chi connectivity index (χ0) is 14.0. The second-order valence-electron chi connectivity index (χ2n) is 4.61. The van der Waals surface area contributed by atoms with Crippen LogP contribution < -0.4 is 5.32 Å². The third-order valence-corrected chi connectivity index (χ3v) is 4.13. The van der Waals surface area contributed by atoms with Gasteiger partial charge in [0.15, 0.2) is 0 Å². The van der Waals surface area contributed by atoms with Gasteiger partial charge in [-0.15, -0.1) is 0 Å². The topological polar surface area (TPSA) is 24.9 Å². The number of hydrogen-bond acceptors (Lipinski definition) is 2. The molecule has 2 aromatic rings. The van der Waals surface area contributed by atoms with Crippen LogP contribution in [-0.4, -0.2) is 11.5 Å². The van der Waals surface area contributed by atoms with Gasteiger partial charge < -0.3 is 5.32 Å². The Hall–Kier alpha value is -0.550. The van der Waals surface area contributed by atoms with Crippen molar-refractivity contribution in [1.29, 1.82) is 0 Å². The van der Waals surface area contributed by atoms with Crippen LogP contribution in [0.4, 0.5) is 5.69 Å². The first-order valence-electron chi connectivity index (χ1n) is 6.60. The Morgan fingerprint density at radius 3 is 2.68 bits per heavy atom. The molecule has 2 rings (SSSR count). The Bertz CT molecular complexity index is 611. The number of rotatable bonds is 4. The van der Waals surface area contributed by atoms with Crippen molar-refractivity contribution in [1.82, 2.24) is 4.98 Å². The van der Waals surface area contributed by atoms with E-state index < -0.39 is 0 Å². The highest BCUT2D eigenvalue weighted by Crippen LogP contribution is 2.34. The van der Waals surface area contributed by atoms with Crippen molar-refractivity contribution < 1.29 is 0 Å². The van der Waals surface area contributed by atoms with E-state index in [0.29, 0.717) is 0 Å². The summed E-state index contributed by atoms with van der Waals surface area (Å²) in [5.74, 6) is 0. The molecule has 0 radical (unpaired) electrons. The van der Waals surface area contributed by atoms with Gasteiger partial charge in [0.2, 0.25) is 0 Å². The summed E-state index contributed by atoms with van der Waals surface area (Å²) < 4.78 is 1.14. The minimum atomic E-state index is 0.729. The molecule has 1 aromatic heterocycles. The monoisotopic (exact) mass is 388 g/mol. The number of benzene rings is 1. The molecule has 2 nitrogen and oxygen atoms in total. The normalized spacial score (nSPS) is 11.0. The number of nitrogens with one attached hydrogen (secondary N) is 1. The first kappa shape index (κ1) is 14.9. The van der Waals surface area contributed by atoms with Gasteiger partial charge in [-0.1, -0.05) is 25.4 Å². The summed E-state index contributed by atoms with van der Waals surface area (Å²) in [7, 11) is 0. The Morgan fingerprint density at radius 2 is 2.05 bits per heavy atom. The summed E-state index contributed by atoms with van der Waals surface area (Å²) >= 11 is 8.64. The summed E-state index contributed by atoms with van der Waals surface area (Å²) in [4.78, 5) is 4.68. The molecule has 0 spiro atoms. The molecule has 0 atom stereocenters. The molecule has 0 bridgehead atoms. The minimum absolute atomic E-state index is 0.729. The fourth-order valence-corrected chi connectivity index (χ4v) is 3.40. The van der Waals surface area contributed by atoms with Crippen molar-refractivity contribution in [3.05, 3.63) is 32.0 Å². The van der Waals surface area contributed by atoms with E-state index in [2.05, 4.69) is 59.7 Å². The molecule has 1 aromatic carbocycles. The number of aryl methyl sites for hydroxylation is 1. The number of aromatic nitrogens is 1. The lowest BCUT2D eigenvalue weighted by atomic mass is 10.0. The molecule has 0 fully saturated rings. The van der Waals surface area contributed by atoms with Crippen LogP contribution in [0.5, 0.6) is 0 Å². The fraction of sp³-hybridized carbons (Fsp3) is 0.400. The van der Waals surface area contributed by atoms with E-state index in [1.807, 2.05) is 6.07 Å². The highest BCUT2D eigenvalue weighted by molar-refractivity contribution is 14.1. The third kappa shape index (κ3) is 2.97. The zero-order valence-electron chi connectivity index (χ0n) is 11.5. The first-order chi connectivity index (χ1) is 9.08. The van der Waals surface area contributed by atoms with Crippen LogP contribution >= 0.6 is 34.2 Å². The second-order valence-corrected chi connectivity index (χ2v) is 6.27. The van der Waals surface area contributed by atoms with Crippen LogP contribution in [0.3, 0.4) is 0 Å². The third-order valence-electron chi connectivity index (χ3n) is 3.22. The highest BCUT2D eigenvalue weighted by atomic mass is 127. The van der Waals surface area contributed by atoms with Crippen LogP contribution in [0.2, 0.25) is 5.02 Å². The average Bonchev–Trinajstić information content (AvgIpc) is 2.37. The van der Waals surface area contributed by atoms with Crippen molar-refractivity contribution in [3.8, 4) is 0 Å². The molecular weight excluding hydrogens is 371 g/mol. The lowest BCUT2D eigenvalue weighted by Crippen LogP contribution is -2.06. The van der Waals surface area contributed by atoms with Gasteiger partial charge in [-0.3, -0.25) is 4.98 Å². The van der Waals surface area contributed by atoms with E-state index in [1.54, 1.807) is 0 Å². The SMILES string of the molecule is CCCNc1c(CC)c(C)nc2c(Cl)cc(I)cc12. The van der Waals surface area contributed by atoms with Gasteiger partial charge >= 0.3 is 0 Å². The molecule has 1 heterocycles. The van der Waals surface area contributed by atoms with Crippen molar-refractivity contribution in [2.45, 2.75) is 33.6 Å².